The molecule has 1 aromatic heterocycles. The monoisotopic (exact) mass is 289 g/mol. The molecule has 0 aliphatic carbocycles. The van der Waals surface area contributed by atoms with Gasteiger partial charge in [-0.2, -0.15) is 0 Å². The fraction of sp³-hybridized carbons (Fsp3) is 0.500. The first-order valence-corrected chi connectivity index (χ1v) is 7.47. The molecule has 1 fully saturated rings. The lowest BCUT2D eigenvalue weighted by atomic mass is 10.1. The van der Waals surface area contributed by atoms with E-state index in [1.807, 2.05) is 18.2 Å². The van der Waals surface area contributed by atoms with Crippen LogP contribution in [0.1, 0.15) is 24.8 Å². The first-order chi connectivity index (χ1) is 10.3. The Morgan fingerprint density at radius 3 is 3.00 bits per heavy atom. The molecule has 0 bridgehead atoms. The maximum absolute atomic E-state index is 9.87. The summed E-state index contributed by atoms with van der Waals surface area (Å²) in [5, 5.41) is 13.7. The van der Waals surface area contributed by atoms with Crippen LogP contribution in [0.3, 0.4) is 0 Å². The average Bonchev–Trinajstić information content (AvgIpc) is 2.53. The molecule has 0 saturated carbocycles. The minimum Gasteiger partial charge on any atom is -0.393 e. The summed E-state index contributed by atoms with van der Waals surface area (Å²) >= 11 is 0. The van der Waals surface area contributed by atoms with Crippen LogP contribution in [0.25, 0.3) is 6.08 Å². The molecule has 0 spiro atoms. The van der Waals surface area contributed by atoms with Crippen molar-refractivity contribution in [2.24, 2.45) is 5.16 Å². The second kappa shape index (κ2) is 9.26. The number of allylic oxidation sites excluding steroid dienone is 1. The number of rotatable bonds is 7. The Balaban J connectivity index is 1.59. The third-order valence-electron chi connectivity index (χ3n) is 3.38. The normalized spacial score (nSPS) is 18.3. The Hall–Kier alpha value is -1.72. The summed E-state index contributed by atoms with van der Waals surface area (Å²) < 4.78 is 0. The van der Waals surface area contributed by atoms with Crippen LogP contribution in [-0.4, -0.2) is 53.6 Å². The predicted octanol–water partition coefficient (Wildman–Crippen LogP) is 1.94. The van der Waals surface area contributed by atoms with Crippen LogP contribution < -0.4 is 0 Å². The summed E-state index contributed by atoms with van der Waals surface area (Å²) in [4.78, 5) is 11.4. The van der Waals surface area contributed by atoms with E-state index in [2.05, 4.69) is 15.0 Å². The highest BCUT2D eigenvalue weighted by Crippen LogP contribution is 2.08. The number of β-amino-alcohol motifs (C(OH)–C–C–N with tert-alkyl or cyclic N) is 1. The highest BCUT2D eigenvalue weighted by Gasteiger charge is 2.14. The van der Waals surface area contributed by atoms with Gasteiger partial charge in [0.15, 0.2) is 0 Å². The van der Waals surface area contributed by atoms with Gasteiger partial charge in [-0.3, -0.25) is 4.98 Å². The summed E-state index contributed by atoms with van der Waals surface area (Å²) in [6.45, 7) is 3.05. The zero-order valence-electron chi connectivity index (χ0n) is 12.3. The Bertz CT molecular complexity index is 442. The van der Waals surface area contributed by atoms with Gasteiger partial charge in [-0.05, 0) is 43.6 Å². The molecule has 1 aromatic rings. The van der Waals surface area contributed by atoms with E-state index >= 15 is 0 Å². The van der Waals surface area contributed by atoms with Crippen molar-refractivity contribution < 1.29 is 9.94 Å². The lowest BCUT2D eigenvalue weighted by Crippen LogP contribution is -2.37. The minimum atomic E-state index is -0.484. The molecule has 1 atom stereocenters. The zero-order chi connectivity index (χ0) is 14.8. The molecule has 1 unspecified atom stereocenters. The molecule has 0 radical (unpaired) electrons. The molecule has 114 valence electrons. The molecule has 2 heterocycles. The Morgan fingerprint density at radius 2 is 2.24 bits per heavy atom. The predicted molar refractivity (Wildman–Crippen MR) is 84.0 cm³/mol. The third kappa shape index (κ3) is 6.51. The molecule has 5 nitrogen and oxygen atoms in total. The largest absolute Gasteiger partial charge is 0.393 e. The van der Waals surface area contributed by atoms with Gasteiger partial charge in [-0.1, -0.05) is 23.7 Å². The molecule has 1 N–H and O–H groups in total. The van der Waals surface area contributed by atoms with Gasteiger partial charge in [0, 0.05) is 18.9 Å². The molecule has 0 aromatic carbocycles. The van der Waals surface area contributed by atoms with Gasteiger partial charge >= 0.3 is 0 Å². The van der Waals surface area contributed by atoms with Gasteiger partial charge in [0.2, 0.25) is 0 Å². The quantitative estimate of drug-likeness (QED) is 0.615. The van der Waals surface area contributed by atoms with Crippen LogP contribution in [0.5, 0.6) is 0 Å². The van der Waals surface area contributed by atoms with Crippen LogP contribution in [-0.2, 0) is 4.84 Å². The average molecular weight is 289 g/mol. The van der Waals surface area contributed by atoms with Gasteiger partial charge in [0.05, 0.1) is 6.21 Å². The molecule has 1 saturated heterocycles. The highest BCUT2D eigenvalue weighted by atomic mass is 16.6. The third-order valence-corrected chi connectivity index (χ3v) is 3.38. The van der Waals surface area contributed by atoms with Crippen molar-refractivity contribution in [3.63, 3.8) is 0 Å². The molecular weight excluding hydrogens is 266 g/mol. The van der Waals surface area contributed by atoms with E-state index in [9.17, 15) is 5.11 Å². The lowest BCUT2D eigenvalue weighted by Gasteiger charge is -2.27. The highest BCUT2D eigenvalue weighted by molar-refractivity contribution is 5.77. The van der Waals surface area contributed by atoms with Crippen LogP contribution in [0.2, 0.25) is 0 Å². The number of piperidine rings is 1. The summed E-state index contributed by atoms with van der Waals surface area (Å²) in [7, 11) is 0. The number of aromatic nitrogens is 1. The second-order valence-corrected chi connectivity index (χ2v) is 5.21. The van der Waals surface area contributed by atoms with Crippen molar-refractivity contribution >= 4 is 12.3 Å². The zero-order valence-corrected chi connectivity index (χ0v) is 12.3. The number of likely N-dealkylation sites (tertiary alicyclic amines) is 1. The Labute approximate surface area is 125 Å². The number of aliphatic hydroxyl groups excluding tert-OH is 1. The van der Waals surface area contributed by atoms with Gasteiger partial charge in [0.25, 0.3) is 0 Å². The molecular formula is C16H23N3O2. The second-order valence-electron chi connectivity index (χ2n) is 5.21. The summed E-state index contributed by atoms with van der Waals surface area (Å²) in [6, 6.07) is 3.84. The van der Waals surface area contributed by atoms with Crippen LogP contribution >= 0.6 is 0 Å². The number of hydrogen-bond donors (Lipinski definition) is 1. The van der Waals surface area contributed by atoms with E-state index in [0.29, 0.717) is 6.54 Å². The lowest BCUT2D eigenvalue weighted by molar-refractivity contribution is 0.0164. The number of oxime groups is 1. The standard InChI is InChI=1S/C16H23N3O2/c20-16(13-19-10-2-1-3-11-19)14-21-18-9-5-7-15-6-4-8-17-12-15/h4-9,12,16,20H,1-3,10-11,13-14H2/b7-5+,18-9+. The van der Waals surface area contributed by atoms with Crippen molar-refractivity contribution in [1.82, 2.24) is 9.88 Å². The van der Waals surface area contributed by atoms with Crippen LogP contribution in [0, 0.1) is 0 Å². The van der Waals surface area contributed by atoms with Crippen LogP contribution in [0.15, 0.2) is 35.8 Å². The first kappa shape index (κ1) is 15.7. The fourth-order valence-electron chi connectivity index (χ4n) is 2.33. The van der Waals surface area contributed by atoms with Gasteiger partial charge in [0.1, 0.15) is 12.7 Å². The molecule has 1 aliphatic heterocycles. The van der Waals surface area contributed by atoms with E-state index in [1.165, 1.54) is 19.3 Å². The van der Waals surface area contributed by atoms with E-state index in [0.717, 1.165) is 18.7 Å². The number of pyridine rings is 1. The van der Waals surface area contributed by atoms with Crippen molar-refractivity contribution in [1.29, 1.82) is 0 Å². The molecule has 5 heteroatoms. The topological polar surface area (TPSA) is 58.0 Å². The number of aliphatic hydroxyl groups is 1. The SMILES string of the molecule is OC(CO/N=C/C=C/c1cccnc1)CN1CCCCC1. The fourth-order valence-corrected chi connectivity index (χ4v) is 2.33. The number of hydrogen-bond acceptors (Lipinski definition) is 5. The van der Waals surface area contributed by atoms with E-state index in [-0.39, 0.29) is 6.61 Å². The molecule has 1 aliphatic rings. The summed E-state index contributed by atoms with van der Waals surface area (Å²) in [5.41, 5.74) is 1.01. The van der Waals surface area contributed by atoms with E-state index < -0.39 is 6.10 Å². The maximum atomic E-state index is 9.87. The van der Waals surface area contributed by atoms with Crippen molar-refractivity contribution in [3.05, 3.63) is 36.2 Å². The maximum Gasteiger partial charge on any atom is 0.144 e. The first-order valence-electron chi connectivity index (χ1n) is 7.47. The van der Waals surface area contributed by atoms with Gasteiger partial charge in [-0.15, -0.1) is 0 Å². The van der Waals surface area contributed by atoms with Crippen molar-refractivity contribution in [3.8, 4) is 0 Å². The van der Waals surface area contributed by atoms with Gasteiger partial charge in [-0.25, -0.2) is 0 Å². The van der Waals surface area contributed by atoms with Crippen molar-refractivity contribution in [2.45, 2.75) is 25.4 Å². The smallest absolute Gasteiger partial charge is 0.144 e. The van der Waals surface area contributed by atoms with E-state index in [4.69, 9.17) is 4.84 Å². The summed E-state index contributed by atoms with van der Waals surface area (Å²) in [6.07, 6.45) is 12.0. The van der Waals surface area contributed by atoms with Crippen LogP contribution in [0.4, 0.5) is 0 Å². The number of nitrogens with zero attached hydrogens (tertiary/aromatic N) is 3. The Morgan fingerprint density at radius 1 is 1.38 bits per heavy atom. The van der Waals surface area contributed by atoms with E-state index in [1.54, 1.807) is 24.7 Å². The molecule has 2 rings (SSSR count). The summed E-state index contributed by atoms with van der Waals surface area (Å²) in [5.74, 6) is 0. The molecule has 0 amide bonds. The Kier molecular flexibility index (Phi) is 6.91. The molecule has 21 heavy (non-hydrogen) atoms. The minimum absolute atomic E-state index is 0.230. The van der Waals surface area contributed by atoms with Gasteiger partial charge < -0.3 is 14.8 Å². The van der Waals surface area contributed by atoms with Crippen molar-refractivity contribution in [2.75, 3.05) is 26.2 Å².